The topological polar surface area (TPSA) is 90.4 Å². The predicted molar refractivity (Wildman–Crippen MR) is 57.3 cm³/mol. The molecule has 1 aromatic heterocycles. The van der Waals surface area contributed by atoms with Crippen LogP contribution in [0.4, 0.5) is 0 Å². The summed E-state index contributed by atoms with van der Waals surface area (Å²) in [5, 5.41) is 3.57. The maximum Gasteiger partial charge on any atom is 0.287 e. The Morgan fingerprint density at radius 3 is 2.94 bits per heavy atom. The van der Waals surface area contributed by atoms with Gasteiger partial charge in [-0.15, -0.1) is 0 Å². The zero-order chi connectivity index (χ0) is 12.2. The van der Waals surface area contributed by atoms with Crippen LogP contribution in [0.15, 0.2) is 10.6 Å². The number of nitrogen functional groups attached to an aromatic ring is 1. The number of ether oxygens (including phenoxy) is 1. The average molecular weight is 227 g/mol. The van der Waals surface area contributed by atoms with Gasteiger partial charge in [0.05, 0.1) is 5.60 Å². The molecule has 90 valence electrons. The lowest BCUT2D eigenvalue weighted by molar-refractivity contribution is -0.0399. The second-order valence-electron chi connectivity index (χ2n) is 4.05. The number of hydrogen-bond acceptors (Lipinski definition) is 5. The van der Waals surface area contributed by atoms with Crippen molar-refractivity contribution in [3.05, 3.63) is 17.5 Å². The highest BCUT2D eigenvalue weighted by Crippen LogP contribution is 2.16. The average Bonchev–Trinajstić information content (AvgIpc) is 2.74. The smallest absolute Gasteiger partial charge is 0.287 e. The summed E-state index contributed by atoms with van der Waals surface area (Å²) in [5.41, 5.74) is 1.91. The minimum Gasteiger partial charge on any atom is -0.368 e. The second-order valence-corrected chi connectivity index (χ2v) is 4.05. The summed E-state index contributed by atoms with van der Waals surface area (Å²) in [6.07, 6.45) is 0.886. The first-order chi connectivity index (χ1) is 7.48. The molecule has 3 N–H and O–H groups in total. The summed E-state index contributed by atoms with van der Waals surface area (Å²) in [4.78, 5) is 11.1. The molecule has 1 amide bonds. The lowest BCUT2D eigenvalue weighted by Gasteiger charge is -2.22. The van der Waals surface area contributed by atoms with E-state index in [0.29, 0.717) is 5.76 Å². The molecule has 0 aliphatic rings. The Hall–Kier alpha value is -1.40. The molecule has 16 heavy (non-hydrogen) atoms. The largest absolute Gasteiger partial charge is 0.368 e. The van der Waals surface area contributed by atoms with E-state index in [4.69, 9.17) is 15.1 Å². The van der Waals surface area contributed by atoms with Crippen molar-refractivity contribution >= 4 is 5.91 Å². The van der Waals surface area contributed by atoms with Crippen molar-refractivity contribution in [1.82, 2.24) is 10.6 Å². The number of amides is 1. The van der Waals surface area contributed by atoms with Gasteiger partial charge in [-0.05, 0) is 20.3 Å². The summed E-state index contributed by atoms with van der Waals surface area (Å²) in [7, 11) is 0. The van der Waals surface area contributed by atoms with Gasteiger partial charge in [0, 0.05) is 6.07 Å². The minimum atomic E-state index is -0.482. The standard InChI is InChI=1S/C10H17N3O3/c1-4-10(2,3)15-6-7-5-8(13-16-7)9(14)12-11/h5H,4,6,11H2,1-3H3,(H,12,14). The Balaban J connectivity index is 2.56. The Morgan fingerprint density at radius 1 is 1.69 bits per heavy atom. The van der Waals surface area contributed by atoms with Crippen molar-refractivity contribution in [1.29, 1.82) is 0 Å². The van der Waals surface area contributed by atoms with Crippen molar-refractivity contribution in [3.63, 3.8) is 0 Å². The van der Waals surface area contributed by atoms with E-state index in [1.165, 1.54) is 6.07 Å². The number of carbonyl (C=O) groups is 1. The minimum absolute atomic E-state index is 0.149. The fraction of sp³-hybridized carbons (Fsp3) is 0.600. The first-order valence-corrected chi connectivity index (χ1v) is 5.09. The maximum atomic E-state index is 11.1. The van der Waals surface area contributed by atoms with Crippen LogP contribution in [0.25, 0.3) is 0 Å². The number of hydrogen-bond donors (Lipinski definition) is 2. The van der Waals surface area contributed by atoms with Gasteiger partial charge in [0.25, 0.3) is 5.91 Å². The van der Waals surface area contributed by atoms with Crippen LogP contribution in [0.5, 0.6) is 0 Å². The van der Waals surface area contributed by atoms with Crippen LogP contribution < -0.4 is 11.3 Å². The van der Waals surface area contributed by atoms with E-state index < -0.39 is 5.91 Å². The van der Waals surface area contributed by atoms with E-state index in [1.54, 1.807) is 0 Å². The maximum absolute atomic E-state index is 11.1. The molecule has 0 fully saturated rings. The van der Waals surface area contributed by atoms with E-state index in [9.17, 15) is 4.79 Å². The van der Waals surface area contributed by atoms with Gasteiger partial charge in [0.1, 0.15) is 6.61 Å². The molecule has 0 bridgehead atoms. The Labute approximate surface area is 94.1 Å². The van der Waals surface area contributed by atoms with Gasteiger partial charge < -0.3 is 9.26 Å². The van der Waals surface area contributed by atoms with E-state index in [1.807, 2.05) is 26.2 Å². The number of nitrogens with zero attached hydrogens (tertiary/aromatic N) is 1. The van der Waals surface area contributed by atoms with Crippen molar-refractivity contribution < 1.29 is 14.1 Å². The summed E-state index contributed by atoms with van der Waals surface area (Å²) >= 11 is 0. The number of carbonyl (C=O) groups excluding carboxylic acids is 1. The summed E-state index contributed by atoms with van der Waals surface area (Å²) < 4.78 is 10.5. The van der Waals surface area contributed by atoms with Crippen LogP contribution >= 0.6 is 0 Å². The fourth-order valence-corrected chi connectivity index (χ4v) is 0.931. The summed E-state index contributed by atoms with van der Waals surface area (Å²) in [6, 6.07) is 1.51. The van der Waals surface area contributed by atoms with Gasteiger partial charge in [-0.3, -0.25) is 10.2 Å². The van der Waals surface area contributed by atoms with Gasteiger partial charge >= 0.3 is 0 Å². The second kappa shape index (κ2) is 5.09. The molecule has 0 aromatic carbocycles. The Morgan fingerprint density at radius 2 is 2.38 bits per heavy atom. The first-order valence-electron chi connectivity index (χ1n) is 5.09. The van der Waals surface area contributed by atoms with Crippen LogP contribution in [0.1, 0.15) is 43.4 Å². The zero-order valence-corrected chi connectivity index (χ0v) is 9.74. The molecule has 0 radical (unpaired) electrons. The van der Waals surface area contributed by atoms with Crippen LogP contribution in [0.2, 0.25) is 0 Å². The molecule has 0 saturated heterocycles. The third-order valence-electron chi connectivity index (χ3n) is 2.38. The molecule has 0 spiro atoms. The molecule has 6 nitrogen and oxygen atoms in total. The van der Waals surface area contributed by atoms with Crippen LogP contribution in [-0.4, -0.2) is 16.7 Å². The van der Waals surface area contributed by atoms with Gasteiger partial charge in [-0.2, -0.15) is 0 Å². The van der Waals surface area contributed by atoms with E-state index in [0.717, 1.165) is 6.42 Å². The van der Waals surface area contributed by atoms with Crippen LogP contribution in [-0.2, 0) is 11.3 Å². The first kappa shape index (κ1) is 12.7. The van der Waals surface area contributed by atoms with E-state index >= 15 is 0 Å². The molecule has 0 saturated carbocycles. The Bertz CT molecular complexity index is 360. The van der Waals surface area contributed by atoms with Crippen LogP contribution in [0.3, 0.4) is 0 Å². The lowest BCUT2D eigenvalue weighted by Crippen LogP contribution is -2.30. The molecule has 0 atom stereocenters. The number of nitrogens with two attached hydrogens (primary N) is 1. The number of nitrogens with one attached hydrogen (secondary N) is 1. The van der Waals surface area contributed by atoms with Crippen molar-refractivity contribution in [2.24, 2.45) is 5.84 Å². The molecule has 1 heterocycles. The summed E-state index contributed by atoms with van der Waals surface area (Å²) in [5.74, 6) is 4.98. The fourth-order valence-electron chi connectivity index (χ4n) is 0.931. The van der Waals surface area contributed by atoms with Gasteiger partial charge in [0.2, 0.25) is 0 Å². The highest BCUT2D eigenvalue weighted by molar-refractivity contribution is 5.91. The zero-order valence-electron chi connectivity index (χ0n) is 9.74. The van der Waals surface area contributed by atoms with Crippen molar-refractivity contribution in [2.75, 3.05) is 0 Å². The van der Waals surface area contributed by atoms with Crippen molar-refractivity contribution in [3.8, 4) is 0 Å². The Kier molecular flexibility index (Phi) is 4.03. The predicted octanol–water partition coefficient (Wildman–Crippen LogP) is 0.983. The molecular weight excluding hydrogens is 210 g/mol. The van der Waals surface area contributed by atoms with Crippen LogP contribution in [0, 0.1) is 0 Å². The molecule has 1 rings (SSSR count). The summed E-state index contributed by atoms with van der Waals surface area (Å²) in [6.45, 7) is 6.28. The van der Waals surface area contributed by atoms with E-state index in [-0.39, 0.29) is 17.9 Å². The monoisotopic (exact) mass is 227 g/mol. The molecule has 0 aliphatic carbocycles. The van der Waals surface area contributed by atoms with Crippen molar-refractivity contribution in [2.45, 2.75) is 39.4 Å². The SMILES string of the molecule is CCC(C)(C)OCc1cc(C(=O)NN)no1. The van der Waals surface area contributed by atoms with Gasteiger partial charge in [-0.1, -0.05) is 12.1 Å². The third-order valence-corrected chi connectivity index (χ3v) is 2.38. The van der Waals surface area contributed by atoms with Gasteiger partial charge in [-0.25, -0.2) is 5.84 Å². The molecule has 6 heteroatoms. The normalized spacial score (nSPS) is 11.5. The number of aromatic nitrogens is 1. The quantitative estimate of drug-likeness (QED) is 0.444. The highest BCUT2D eigenvalue weighted by atomic mass is 16.5. The molecule has 0 unspecified atom stereocenters. The van der Waals surface area contributed by atoms with Gasteiger partial charge in [0.15, 0.2) is 11.5 Å². The molecular formula is C10H17N3O3. The van der Waals surface area contributed by atoms with E-state index in [2.05, 4.69) is 5.16 Å². The molecule has 1 aromatic rings. The lowest BCUT2D eigenvalue weighted by atomic mass is 10.1. The number of hydrazine groups is 1. The number of rotatable bonds is 5. The molecule has 0 aliphatic heterocycles. The highest BCUT2D eigenvalue weighted by Gasteiger charge is 2.17. The third kappa shape index (κ3) is 3.32.